The molecule has 1 aromatic heterocycles. The average molecular weight is 508 g/mol. The second kappa shape index (κ2) is 8.37. The van der Waals surface area contributed by atoms with Crippen molar-refractivity contribution in [2.75, 3.05) is 18.5 Å². The lowest BCUT2D eigenvalue weighted by molar-refractivity contribution is -0.122. The number of allylic oxidation sites excluding steroid dienone is 3. The summed E-state index contributed by atoms with van der Waals surface area (Å²) in [6.07, 6.45) is 3.69. The van der Waals surface area contributed by atoms with Crippen LogP contribution in [0.5, 0.6) is 0 Å². The number of amidine groups is 1. The third-order valence-corrected chi connectivity index (χ3v) is 9.64. The second-order valence-electron chi connectivity index (χ2n) is 7.84. The lowest BCUT2D eigenvalue weighted by atomic mass is 9.84. The number of hydrogen-bond acceptors (Lipinski definition) is 6. The summed E-state index contributed by atoms with van der Waals surface area (Å²) in [5.41, 5.74) is 3.17. The van der Waals surface area contributed by atoms with Crippen LogP contribution in [0.15, 0.2) is 67.8 Å². The van der Waals surface area contributed by atoms with Crippen LogP contribution < -0.4 is 4.90 Å². The number of nitrogens with zero attached hydrogens (tertiary/aromatic N) is 3. The van der Waals surface area contributed by atoms with Gasteiger partial charge in [-0.3, -0.25) is 9.69 Å². The highest BCUT2D eigenvalue weighted by molar-refractivity contribution is 8.19. The number of carbonyl (C=O) groups is 1. The fourth-order valence-corrected chi connectivity index (χ4v) is 7.56. The van der Waals surface area contributed by atoms with Crippen molar-refractivity contribution in [1.29, 1.82) is 0 Å². The monoisotopic (exact) mass is 507 g/mol. The van der Waals surface area contributed by atoms with Gasteiger partial charge >= 0.3 is 0 Å². The Balaban J connectivity index is 1.68. The Bertz CT molecular complexity index is 1290. The molecule has 1 saturated heterocycles. The van der Waals surface area contributed by atoms with Crippen molar-refractivity contribution in [3.8, 4) is 0 Å². The summed E-state index contributed by atoms with van der Waals surface area (Å²) in [7, 11) is -1.95. The summed E-state index contributed by atoms with van der Waals surface area (Å²) in [6, 6.07) is 11.1. The first kappa shape index (κ1) is 23.1. The fourth-order valence-electron chi connectivity index (χ4n) is 3.91. The minimum Gasteiger partial charge on any atom is -0.347 e. The van der Waals surface area contributed by atoms with E-state index >= 15 is 0 Å². The van der Waals surface area contributed by atoms with Crippen molar-refractivity contribution >= 4 is 61.5 Å². The van der Waals surface area contributed by atoms with Gasteiger partial charge in [0.1, 0.15) is 4.21 Å². The van der Waals surface area contributed by atoms with Gasteiger partial charge in [0, 0.05) is 30.4 Å². The Labute approximate surface area is 201 Å². The van der Waals surface area contributed by atoms with Crippen LogP contribution in [0.3, 0.4) is 0 Å². The zero-order chi connectivity index (χ0) is 23.3. The molecule has 10 heteroatoms. The molecule has 0 saturated carbocycles. The third kappa shape index (κ3) is 3.91. The van der Waals surface area contributed by atoms with Gasteiger partial charge < -0.3 is 4.90 Å². The molecule has 2 aliphatic rings. The SMILES string of the molecule is CCN1C(=O)C(=CC=C2N(C)c3ccccc3C2(C)C)SC1=NS(=O)(=O)c1ccc(Cl)s1. The van der Waals surface area contributed by atoms with Crippen LogP contribution in [0.1, 0.15) is 26.3 Å². The van der Waals surface area contributed by atoms with Gasteiger partial charge in [0.2, 0.25) is 0 Å². The number of thioether (sulfide) groups is 1. The van der Waals surface area contributed by atoms with E-state index in [0.717, 1.165) is 34.5 Å². The molecule has 0 radical (unpaired) electrons. The topological polar surface area (TPSA) is 70.1 Å². The van der Waals surface area contributed by atoms with Gasteiger partial charge in [-0.25, -0.2) is 0 Å². The summed E-state index contributed by atoms with van der Waals surface area (Å²) in [5.74, 6) is -0.261. The number of sulfonamides is 1. The van der Waals surface area contributed by atoms with E-state index in [0.29, 0.717) is 15.8 Å². The molecular weight excluding hydrogens is 486 g/mol. The Morgan fingerprint density at radius 3 is 2.50 bits per heavy atom. The smallest absolute Gasteiger partial charge is 0.294 e. The first-order valence-electron chi connectivity index (χ1n) is 9.92. The molecule has 6 nitrogen and oxygen atoms in total. The average Bonchev–Trinajstić information content (AvgIpc) is 3.36. The van der Waals surface area contributed by atoms with Crippen LogP contribution in [0.4, 0.5) is 5.69 Å². The van der Waals surface area contributed by atoms with Gasteiger partial charge in [0.05, 0.1) is 9.24 Å². The number of para-hydroxylation sites is 1. The van der Waals surface area contributed by atoms with E-state index in [9.17, 15) is 13.2 Å². The first-order chi connectivity index (χ1) is 15.1. The predicted molar refractivity (Wildman–Crippen MR) is 133 cm³/mol. The molecule has 1 fully saturated rings. The minimum atomic E-state index is -3.95. The predicted octanol–water partition coefficient (Wildman–Crippen LogP) is 5.24. The van der Waals surface area contributed by atoms with E-state index in [1.54, 1.807) is 13.0 Å². The molecule has 1 amide bonds. The third-order valence-electron chi connectivity index (χ3n) is 5.54. The van der Waals surface area contributed by atoms with Crippen LogP contribution >= 0.6 is 34.7 Å². The number of carbonyl (C=O) groups excluding carboxylic acids is 1. The standard InChI is InChI=1S/C22H22ClN3O3S3/c1-5-26-20(27)16(30-21(26)24-32(28,29)19-13-12-18(23)31-19)10-11-17-22(2,3)14-8-6-7-9-15(14)25(17)4/h6-13H,5H2,1-4H3. The molecule has 3 heterocycles. The number of anilines is 1. The summed E-state index contributed by atoms with van der Waals surface area (Å²) in [6.45, 7) is 6.39. The largest absolute Gasteiger partial charge is 0.347 e. The quantitative estimate of drug-likeness (QED) is 0.529. The van der Waals surface area contributed by atoms with Crippen LogP contribution in [-0.4, -0.2) is 38.0 Å². The van der Waals surface area contributed by atoms with Gasteiger partial charge in [-0.15, -0.1) is 15.7 Å². The lowest BCUT2D eigenvalue weighted by Crippen LogP contribution is -2.29. The van der Waals surface area contributed by atoms with Crippen molar-refractivity contribution in [1.82, 2.24) is 4.90 Å². The fraction of sp³-hybridized carbons (Fsp3) is 0.273. The number of rotatable bonds is 4. The molecule has 4 rings (SSSR count). The van der Waals surface area contributed by atoms with Gasteiger partial charge in [-0.1, -0.05) is 43.6 Å². The van der Waals surface area contributed by atoms with Crippen molar-refractivity contribution in [3.05, 3.63) is 69.1 Å². The van der Waals surface area contributed by atoms with Crippen molar-refractivity contribution in [2.24, 2.45) is 4.40 Å². The van der Waals surface area contributed by atoms with Gasteiger partial charge in [0.25, 0.3) is 15.9 Å². The van der Waals surface area contributed by atoms with E-state index in [1.165, 1.54) is 22.6 Å². The number of thiophene rings is 1. The maximum absolute atomic E-state index is 12.9. The highest BCUT2D eigenvalue weighted by Crippen LogP contribution is 2.47. The Hall–Kier alpha value is -2.07. The highest BCUT2D eigenvalue weighted by Gasteiger charge is 2.38. The van der Waals surface area contributed by atoms with Crippen LogP contribution in [0.25, 0.3) is 0 Å². The van der Waals surface area contributed by atoms with Crippen LogP contribution in [-0.2, 0) is 20.2 Å². The van der Waals surface area contributed by atoms with Gasteiger partial charge in [0.15, 0.2) is 5.17 Å². The summed E-state index contributed by atoms with van der Waals surface area (Å²) >= 11 is 7.88. The Morgan fingerprint density at radius 2 is 1.88 bits per heavy atom. The number of benzene rings is 1. The number of halogens is 1. The lowest BCUT2D eigenvalue weighted by Gasteiger charge is -2.23. The van der Waals surface area contributed by atoms with Gasteiger partial charge in [-0.05, 0) is 54.6 Å². The highest BCUT2D eigenvalue weighted by atomic mass is 35.5. The molecule has 1 aromatic carbocycles. The zero-order valence-electron chi connectivity index (χ0n) is 18.0. The molecule has 2 aliphatic heterocycles. The van der Waals surface area contributed by atoms with Crippen molar-refractivity contribution in [3.63, 3.8) is 0 Å². The van der Waals surface area contributed by atoms with Crippen LogP contribution in [0, 0.1) is 0 Å². The van der Waals surface area contributed by atoms with Crippen LogP contribution in [0.2, 0.25) is 4.34 Å². The maximum Gasteiger partial charge on any atom is 0.294 e. The molecule has 0 unspecified atom stereocenters. The Kier molecular flexibility index (Phi) is 6.04. The molecule has 0 spiro atoms. The zero-order valence-corrected chi connectivity index (χ0v) is 21.2. The normalized spacial score (nSPS) is 21.9. The van der Waals surface area contributed by atoms with E-state index < -0.39 is 10.0 Å². The number of fused-ring (bicyclic) bond motifs is 1. The van der Waals surface area contributed by atoms with E-state index in [1.807, 2.05) is 25.3 Å². The van der Waals surface area contributed by atoms with Crippen molar-refractivity contribution in [2.45, 2.75) is 30.4 Å². The first-order valence-corrected chi connectivity index (χ1v) is 13.4. The maximum atomic E-state index is 12.9. The van der Waals surface area contributed by atoms with Crippen molar-refractivity contribution < 1.29 is 13.2 Å². The molecule has 32 heavy (non-hydrogen) atoms. The summed E-state index contributed by atoms with van der Waals surface area (Å²) < 4.78 is 29.7. The summed E-state index contributed by atoms with van der Waals surface area (Å²) in [5, 5.41) is 0.147. The second-order valence-corrected chi connectivity index (χ2v) is 12.4. The van der Waals surface area contributed by atoms with E-state index in [2.05, 4.69) is 35.3 Å². The molecule has 0 bridgehead atoms. The molecule has 0 aliphatic carbocycles. The number of hydrogen-bond donors (Lipinski definition) is 0. The molecule has 0 N–H and O–H groups in total. The van der Waals surface area contributed by atoms with Gasteiger partial charge in [-0.2, -0.15) is 8.42 Å². The van der Waals surface area contributed by atoms with E-state index in [4.69, 9.17) is 11.6 Å². The Morgan fingerprint density at radius 1 is 1.16 bits per heavy atom. The summed E-state index contributed by atoms with van der Waals surface area (Å²) in [4.78, 5) is 16.9. The molecular formula is C22H22ClN3O3S3. The number of likely N-dealkylation sites (N-methyl/N-ethyl adjacent to an activating group) is 2. The number of amides is 1. The minimum absolute atomic E-state index is 0.0470. The molecule has 2 aromatic rings. The molecule has 0 atom stereocenters. The molecule has 168 valence electrons. The van der Waals surface area contributed by atoms with E-state index in [-0.39, 0.29) is 20.7 Å².